The van der Waals surface area contributed by atoms with Gasteiger partial charge in [-0.2, -0.15) is 0 Å². The number of hydrogen-bond acceptors (Lipinski definition) is 2. The minimum atomic E-state index is 0.0688. The van der Waals surface area contributed by atoms with E-state index in [0.717, 1.165) is 50.2 Å². The van der Waals surface area contributed by atoms with Crippen molar-refractivity contribution < 1.29 is 9.59 Å². The Morgan fingerprint density at radius 2 is 1.72 bits per heavy atom. The molecule has 0 aromatic heterocycles. The van der Waals surface area contributed by atoms with Gasteiger partial charge in [0.25, 0.3) is 0 Å². The molecular weight excluding hydrogens is 308 g/mol. The average Bonchev–Trinajstić information content (AvgIpc) is 2.88. The number of aldehydes is 1. The highest BCUT2D eigenvalue weighted by molar-refractivity contribution is 5.81. The zero-order chi connectivity index (χ0) is 17.5. The van der Waals surface area contributed by atoms with Crippen LogP contribution in [0.2, 0.25) is 0 Å². The van der Waals surface area contributed by atoms with Crippen LogP contribution < -0.4 is 0 Å². The van der Waals surface area contributed by atoms with Crippen molar-refractivity contribution in [3.8, 4) is 0 Å². The smallest absolute Gasteiger partial charge is 0.135 e. The fraction of sp³-hybridized carbons (Fsp3) is 0.826. The van der Waals surface area contributed by atoms with Crippen LogP contribution in [0.3, 0.4) is 0 Å². The number of hydrogen-bond donors (Lipinski definition) is 0. The Bertz CT molecular complexity index is 472. The Kier molecular flexibility index (Phi) is 7.31. The van der Waals surface area contributed by atoms with Crippen LogP contribution in [0.25, 0.3) is 0 Å². The number of fused-ring (bicyclic) bond motifs is 1. The van der Waals surface area contributed by atoms with Crippen molar-refractivity contribution in [3.63, 3.8) is 0 Å². The molecule has 0 amide bonds. The van der Waals surface area contributed by atoms with Crippen molar-refractivity contribution in [1.82, 2.24) is 0 Å². The number of allylic oxidation sites excluding steroid dienone is 2. The van der Waals surface area contributed by atoms with Gasteiger partial charge in [-0.05, 0) is 63.2 Å². The monoisotopic (exact) mass is 344 g/mol. The first-order chi connectivity index (χ1) is 12.3. The fourth-order valence-corrected chi connectivity index (χ4v) is 5.53. The molecule has 25 heavy (non-hydrogen) atoms. The van der Waals surface area contributed by atoms with Crippen LogP contribution in [0.5, 0.6) is 0 Å². The van der Waals surface area contributed by atoms with Gasteiger partial charge in [-0.25, -0.2) is 0 Å². The van der Waals surface area contributed by atoms with Crippen LogP contribution in [-0.4, -0.2) is 12.1 Å². The number of Topliss-reactive ketones (excluding diaryl/α,β-unsaturated/α-hetero) is 1. The molecule has 3 aliphatic carbocycles. The summed E-state index contributed by atoms with van der Waals surface area (Å²) in [5.74, 6) is 2.61. The molecule has 3 rings (SSSR count). The second-order valence-corrected chi connectivity index (χ2v) is 8.79. The Balaban J connectivity index is 1.46. The Morgan fingerprint density at radius 1 is 1.00 bits per heavy atom. The minimum Gasteiger partial charge on any atom is -0.303 e. The van der Waals surface area contributed by atoms with E-state index >= 15 is 0 Å². The van der Waals surface area contributed by atoms with E-state index in [4.69, 9.17) is 0 Å². The van der Waals surface area contributed by atoms with Gasteiger partial charge in [0.2, 0.25) is 0 Å². The topological polar surface area (TPSA) is 34.1 Å². The van der Waals surface area contributed by atoms with Crippen LogP contribution in [0.4, 0.5) is 0 Å². The molecule has 2 fully saturated rings. The maximum atomic E-state index is 12.4. The summed E-state index contributed by atoms with van der Waals surface area (Å²) in [6, 6.07) is 0. The van der Waals surface area contributed by atoms with Gasteiger partial charge in [0.1, 0.15) is 12.1 Å². The third-order valence-electron chi connectivity index (χ3n) is 7.19. The SMILES string of the molecule is O=CC(CCCC(=O)C1CCCCC1)C1=CCC2CCCCC2CC1. The normalized spacial score (nSPS) is 29.2. The Hall–Kier alpha value is -0.920. The van der Waals surface area contributed by atoms with E-state index in [1.54, 1.807) is 0 Å². The quantitative estimate of drug-likeness (QED) is 0.417. The molecule has 0 aromatic carbocycles. The summed E-state index contributed by atoms with van der Waals surface area (Å²) in [7, 11) is 0. The zero-order valence-electron chi connectivity index (χ0n) is 15.9. The minimum absolute atomic E-state index is 0.0688. The summed E-state index contributed by atoms with van der Waals surface area (Å²) in [5.41, 5.74) is 1.38. The molecule has 2 saturated carbocycles. The summed E-state index contributed by atoms with van der Waals surface area (Å²) < 4.78 is 0. The fourth-order valence-electron chi connectivity index (χ4n) is 5.53. The van der Waals surface area contributed by atoms with Crippen LogP contribution in [-0.2, 0) is 9.59 Å². The third-order valence-corrected chi connectivity index (χ3v) is 7.19. The first-order valence-corrected chi connectivity index (χ1v) is 10.9. The van der Waals surface area contributed by atoms with Crippen molar-refractivity contribution in [2.24, 2.45) is 23.7 Å². The standard InChI is InChI=1S/C23H36O2/c24-17-22(11-6-12-23(25)21-9-2-1-3-10-21)20-15-13-18-7-4-5-8-19(18)14-16-20/h15,17-19,21-22H,1-14,16H2. The van der Waals surface area contributed by atoms with Crippen molar-refractivity contribution in [1.29, 1.82) is 0 Å². The maximum absolute atomic E-state index is 12.4. The van der Waals surface area contributed by atoms with Crippen molar-refractivity contribution in [2.75, 3.05) is 0 Å². The summed E-state index contributed by atoms with van der Waals surface area (Å²) >= 11 is 0. The van der Waals surface area contributed by atoms with Crippen LogP contribution in [0.15, 0.2) is 11.6 Å². The first-order valence-electron chi connectivity index (χ1n) is 10.9. The lowest BCUT2D eigenvalue weighted by atomic mass is 9.76. The molecule has 0 spiro atoms. The van der Waals surface area contributed by atoms with Gasteiger partial charge in [0, 0.05) is 18.3 Å². The molecule has 0 radical (unpaired) electrons. The van der Waals surface area contributed by atoms with Gasteiger partial charge in [-0.1, -0.05) is 50.2 Å². The number of ketones is 1. The Morgan fingerprint density at radius 3 is 2.48 bits per heavy atom. The zero-order valence-corrected chi connectivity index (χ0v) is 15.9. The summed E-state index contributed by atoms with van der Waals surface area (Å²) in [5, 5.41) is 0. The van der Waals surface area contributed by atoms with E-state index in [1.807, 2.05) is 0 Å². The second kappa shape index (κ2) is 9.69. The molecule has 0 bridgehead atoms. The molecule has 0 N–H and O–H groups in total. The predicted molar refractivity (Wildman–Crippen MR) is 102 cm³/mol. The second-order valence-electron chi connectivity index (χ2n) is 8.79. The number of carbonyl (C=O) groups excluding carboxylic acids is 2. The van der Waals surface area contributed by atoms with Crippen molar-refractivity contribution >= 4 is 12.1 Å². The summed E-state index contributed by atoms with van der Waals surface area (Å²) in [6.45, 7) is 0. The first kappa shape index (κ1) is 18.9. The van der Waals surface area contributed by atoms with Crippen LogP contribution >= 0.6 is 0 Å². The summed E-state index contributed by atoms with van der Waals surface area (Å²) in [6.07, 6.45) is 21.1. The third kappa shape index (κ3) is 5.28. The largest absolute Gasteiger partial charge is 0.303 e. The molecule has 0 aromatic rings. The molecule has 0 aliphatic heterocycles. The molecule has 140 valence electrons. The lowest BCUT2D eigenvalue weighted by Crippen LogP contribution is -2.18. The maximum Gasteiger partial charge on any atom is 0.135 e. The van der Waals surface area contributed by atoms with Gasteiger partial charge in [0.15, 0.2) is 0 Å². The van der Waals surface area contributed by atoms with Crippen molar-refractivity contribution in [3.05, 3.63) is 11.6 Å². The highest BCUT2D eigenvalue weighted by atomic mass is 16.1. The van der Waals surface area contributed by atoms with Gasteiger partial charge in [-0.15, -0.1) is 0 Å². The van der Waals surface area contributed by atoms with E-state index in [2.05, 4.69) is 6.08 Å². The molecule has 2 heteroatoms. The van der Waals surface area contributed by atoms with Crippen molar-refractivity contribution in [2.45, 2.75) is 96.3 Å². The van der Waals surface area contributed by atoms with E-state index in [9.17, 15) is 9.59 Å². The van der Waals surface area contributed by atoms with Gasteiger partial charge < -0.3 is 4.79 Å². The van der Waals surface area contributed by atoms with Gasteiger partial charge in [0.05, 0.1) is 0 Å². The molecular formula is C23H36O2. The average molecular weight is 345 g/mol. The molecule has 0 saturated heterocycles. The molecule has 3 aliphatic rings. The van der Waals surface area contributed by atoms with E-state index < -0.39 is 0 Å². The van der Waals surface area contributed by atoms with Crippen LogP contribution in [0.1, 0.15) is 96.3 Å². The number of carbonyl (C=O) groups is 2. The van der Waals surface area contributed by atoms with E-state index in [1.165, 1.54) is 63.4 Å². The Labute approximate surface area is 153 Å². The van der Waals surface area contributed by atoms with Gasteiger partial charge >= 0.3 is 0 Å². The molecule has 2 nitrogen and oxygen atoms in total. The van der Waals surface area contributed by atoms with E-state index in [-0.39, 0.29) is 5.92 Å². The van der Waals surface area contributed by atoms with Gasteiger partial charge in [-0.3, -0.25) is 4.79 Å². The lowest BCUT2D eigenvalue weighted by molar-refractivity contribution is -0.124. The predicted octanol–water partition coefficient (Wildman–Crippen LogP) is 6.04. The summed E-state index contributed by atoms with van der Waals surface area (Å²) in [4.78, 5) is 24.0. The van der Waals surface area contributed by atoms with E-state index in [0.29, 0.717) is 18.1 Å². The lowest BCUT2D eigenvalue weighted by Gasteiger charge is -2.29. The highest BCUT2D eigenvalue weighted by Crippen LogP contribution is 2.40. The molecule has 3 atom stereocenters. The van der Waals surface area contributed by atoms with Crippen LogP contribution in [0, 0.1) is 23.7 Å². The molecule has 3 unspecified atom stereocenters. The highest BCUT2D eigenvalue weighted by Gasteiger charge is 2.28. The number of rotatable bonds is 7. The molecule has 0 heterocycles.